The molecule has 0 aliphatic heterocycles. The summed E-state index contributed by atoms with van der Waals surface area (Å²) in [5, 5.41) is 14.0. The van der Waals surface area contributed by atoms with Crippen LogP contribution in [0.4, 0.5) is 0 Å². The largest absolute Gasteiger partial charge is 0.504 e. The molecule has 0 atom stereocenters. The Morgan fingerprint density at radius 3 is 2.54 bits per heavy atom. The first kappa shape index (κ1) is 10.1. The molecule has 1 N–H and O–H groups in total. The first-order valence-electron chi connectivity index (χ1n) is 4.95. The maximum absolute atomic E-state index is 9.69. The molecule has 0 amide bonds. The molecule has 1 aromatic heterocycles. The summed E-state index contributed by atoms with van der Waals surface area (Å²) < 4.78 is 1.92. The molecule has 74 valence electrons. The Kier molecular flexibility index (Phi) is 3.34. The standard InChI is InChI=1S/C10H18N2O/c1-4-6-9-10(13)8(3)11-12(9)7-5-2/h13H,4-7H2,1-3H3. The van der Waals surface area contributed by atoms with E-state index in [1.807, 2.05) is 11.6 Å². The van der Waals surface area contributed by atoms with Crippen LogP contribution >= 0.6 is 0 Å². The van der Waals surface area contributed by atoms with E-state index in [9.17, 15) is 5.11 Å². The first-order chi connectivity index (χ1) is 6.20. The Labute approximate surface area is 79.4 Å². The van der Waals surface area contributed by atoms with Gasteiger partial charge in [0.05, 0.1) is 5.69 Å². The van der Waals surface area contributed by atoms with Crippen molar-refractivity contribution in [1.82, 2.24) is 9.78 Å². The van der Waals surface area contributed by atoms with Gasteiger partial charge in [-0.25, -0.2) is 0 Å². The lowest BCUT2D eigenvalue weighted by molar-refractivity contribution is 0.458. The van der Waals surface area contributed by atoms with Crippen LogP contribution in [0.5, 0.6) is 5.75 Å². The third kappa shape index (κ3) is 2.02. The highest BCUT2D eigenvalue weighted by molar-refractivity contribution is 5.31. The van der Waals surface area contributed by atoms with Crippen molar-refractivity contribution in [3.05, 3.63) is 11.4 Å². The average Bonchev–Trinajstić information content (AvgIpc) is 2.34. The van der Waals surface area contributed by atoms with E-state index >= 15 is 0 Å². The van der Waals surface area contributed by atoms with Gasteiger partial charge in [-0.3, -0.25) is 4.68 Å². The Balaban J connectivity index is 2.96. The molecule has 3 nitrogen and oxygen atoms in total. The second-order valence-corrected chi connectivity index (χ2v) is 3.35. The van der Waals surface area contributed by atoms with Crippen LogP contribution < -0.4 is 0 Å². The van der Waals surface area contributed by atoms with Crippen molar-refractivity contribution in [3.8, 4) is 5.75 Å². The van der Waals surface area contributed by atoms with Gasteiger partial charge in [-0.15, -0.1) is 0 Å². The molecule has 0 saturated carbocycles. The van der Waals surface area contributed by atoms with Crippen molar-refractivity contribution in [2.45, 2.75) is 46.6 Å². The molecule has 0 aliphatic rings. The topological polar surface area (TPSA) is 38.1 Å². The van der Waals surface area contributed by atoms with Gasteiger partial charge in [0, 0.05) is 6.54 Å². The van der Waals surface area contributed by atoms with Crippen LogP contribution in [-0.2, 0) is 13.0 Å². The van der Waals surface area contributed by atoms with Crippen LogP contribution in [0.2, 0.25) is 0 Å². The highest BCUT2D eigenvalue weighted by Crippen LogP contribution is 2.22. The fourth-order valence-electron chi connectivity index (χ4n) is 1.50. The Morgan fingerprint density at radius 2 is 2.00 bits per heavy atom. The predicted molar refractivity (Wildman–Crippen MR) is 52.9 cm³/mol. The SMILES string of the molecule is CCCc1c(O)c(C)nn1CCC. The quantitative estimate of drug-likeness (QED) is 0.775. The Morgan fingerprint density at radius 1 is 1.31 bits per heavy atom. The van der Waals surface area contributed by atoms with Gasteiger partial charge in [-0.2, -0.15) is 5.10 Å². The summed E-state index contributed by atoms with van der Waals surface area (Å²) in [6.45, 7) is 6.97. The van der Waals surface area contributed by atoms with Crippen LogP contribution in [0.3, 0.4) is 0 Å². The monoisotopic (exact) mass is 182 g/mol. The summed E-state index contributed by atoms with van der Waals surface area (Å²) in [4.78, 5) is 0. The molecule has 1 rings (SSSR count). The van der Waals surface area contributed by atoms with Crippen molar-refractivity contribution in [2.75, 3.05) is 0 Å². The van der Waals surface area contributed by atoms with E-state index in [0.717, 1.165) is 37.2 Å². The second-order valence-electron chi connectivity index (χ2n) is 3.35. The van der Waals surface area contributed by atoms with E-state index < -0.39 is 0 Å². The minimum absolute atomic E-state index is 0.385. The van der Waals surface area contributed by atoms with E-state index in [1.165, 1.54) is 0 Å². The van der Waals surface area contributed by atoms with Crippen molar-refractivity contribution in [2.24, 2.45) is 0 Å². The van der Waals surface area contributed by atoms with Gasteiger partial charge in [-0.05, 0) is 19.8 Å². The minimum Gasteiger partial charge on any atom is -0.504 e. The molecular formula is C10H18N2O. The smallest absolute Gasteiger partial charge is 0.159 e. The molecule has 0 unspecified atom stereocenters. The van der Waals surface area contributed by atoms with E-state index in [-0.39, 0.29) is 0 Å². The summed E-state index contributed by atoms with van der Waals surface area (Å²) in [6, 6.07) is 0. The normalized spacial score (nSPS) is 10.7. The molecule has 0 spiro atoms. The van der Waals surface area contributed by atoms with Crippen LogP contribution in [0.15, 0.2) is 0 Å². The van der Waals surface area contributed by atoms with Gasteiger partial charge < -0.3 is 5.11 Å². The third-order valence-electron chi connectivity index (χ3n) is 2.12. The van der Waals surface area contributed by atoms with Gasteiger partial charge in [0.1, 0.15) is 5.69 Å². The zero-order valence-electron chi connectivity index (χ0n) is 8.67. The second kappa shape index (κ2) is 4.30. The van der Waals surface area contributed by atoms with Crippen molar-refractivity contribution in [1.29, 1.82) is 0 Å². The van der Waals surface area contributed by atoms with E-state index in [4.69, 9.17) is 0 Å². The molecule has 0 aromatic carbocycles. The molecule has 13 heavy (non-hydrogen) atoms. The number of aryl methyl sites for hydroxylation is 2. The number of aromatic hydroxyl groups is 1. The molecule has 0 saturated heterocycles. The van der Waals surface area contributed by atoms with Crippen molar-refractivity contribution >= 4 is 0 Å². The van der Waals surface area contributed by atoms with Gasteiger partial charge >= 0.3 is 0 Å². The first-order valence-corrected chi connectivity index (χ1v) is 4.95. The van der Waals surface area contributed by atoms with Crippen molar-refractivity contribution < 1.29 is 5.11 Å². The molecular weight excluding hydrogens is 164 g/mol. The predicted octanol–water partition coefficient (Wildman–Crippen LogP) is 2.26. The van der Waals surface area contributed by atoms with Crippen LogP contribution in [-0.4, -0.2) is 14.9 Å². The van der Waals surface area contributed by atoms with E-state index in [2.05, 4.69) is 18.9 Å². The molecule has 1 heterocycles. The van der Waals surface area contributed by atoms with Crippen LogP contribution in [0.25, 0.3) is 0 Å². The molecule has 0 aliphatic carbocycles. The Hall–Kier alpha value is -0.990. The van der Waals surface area contributed by atoms with Crippen LogP contribution in [0.1, 0.15) is 38.1 Å². The fraction of sp³-hybridized carbons (Fsp3) is 0.700. The fourth-order valence-corrected chi connectivity index (χ4v) is 1.50. The van der Waals surface area contributed by atoms with Crippen LogP contribution in [0, 0.1) is 6.92 Å². The number of rotatable bonds is 4. The highest BCUT2D eigenvalue weighted by Gasteiger charge is 2.11. The average molecular weight is 182 g/mol. The van der Waals surface area contributed by atoms with Gasteiger partial charge in [0.2, 0.25) is 0 Å². The number of hydrogen-bond donors (Lipinski definition) is 1. The maximum Gasteiger partial charge on any atom is 0.159 e. The summed E-state index contributed by atoms with van der Waals surface area (Å²) in [5.41, 5.74) is 1.73. The molecule has 0 radical (unpaired) electrons. The summed E-state index contributed by atoms with van der Waals surface area (Å²) in [7, 11) is 0. The molecule has 3 heteroatoms. The highest BCUT2D eigenvalue weighted by atomic mass is 16.3. The third-order valence-corrected chi connectivity index (χ3v) is 2.12. The van der Waals surface area contributed by atoms with Gasteiger partial charge in [0.15, 0.2) is 5.75 Å². The van der Waals surface area contributed by atoms with E-state index in [0.29, 0.717) is 5.75 Å². The van der Waals surface area contributed by atoms with Gasteiger partial charge in [-0.1, -0.05) is 20.3 Å². The lowest BCUT2D eigenvalue weighted by Gasteiger charge is -2.04. The minimum atomic E-state index is 0.385. The summed E-state index contributed by atoms with van der Waals surface area (Å²) >= 11 is 0. The zero-order valence-corrected chi connectivity index (χ0v) is 8.67. The lowest BCUT2D eigenvalue weighted by Crippen LogP contribution is -2.04. The lowest BCUT2D eigenvalue weighted by atomic mass is 10.2. The zero-order chi connectivity index (χ0) is 9.84. The summed E-state index contributed by atoms with van der Waals surface area (Å²) in [6.07, 6.45) is 3.01. The van der Waals surface area contributed by atoms with E-state index in [1.54, 1.807) is 0 Å². The number of aromatic nitrogens is 2. The molecule has 0 fully saturated rings. The molecule has 0 bridgehead atoms. The van der Waals surface area contributed by atoms with Gasteiger partial charge in [0.25, 0.3) is 0 Å². The number of hydrogen-bond acceptors (Lipinski definition) is 2. The number of nitrogens with zero attached hydrogens (tertiary/aromatic N) is 2. The molecule has 1 aromatic rings. The summed E-state index contributed by atoms with van der Waals surface area (Å²) in [5.74, 6) is 0.385. The maximum atomic E-state index is 9.69. The Bertz CT molecular complexity index is 279. The van der Waals surface area contributed by atoms with Crippen molar-refractivity contribution in [3.63, 3.8) is 0 Å².